The van der Waals surface area contributed by atoms with E-state index in [-0.39, 0.29) is 11.3 Å². The van der Waals surface area contributed by atoms with Gasteiger partial charge < -0.3 is 5.73 Å². The zero-order valence-electron chi connectivity index (χ0n) is 14.0. The second-order valence-corrected chi connectivity index (χ2v) is 6.96. The highest BCUT2D eigenvalue weighted by atomic mass is 32.1. The van der Waals surface area contributed by atoms with Crippen molar-refractivity contribution in [3.8, 4) is 11.8 Å². The molecule has 4 rings (SSSR count). The smallest absolute Gasteiger partial charge is 0.256 e. The molecule has 0 amide bonds. The Morgan fingerprint density at radius 1 is 1.04 bits per heavy atom. The number of carbonyl (C=O) groups is 1. The Morgan fingerprint density at radius 3 is 2.56 bits per heavy atom. The third kappa shape index (κ3) is 2.80. The number of carbonyl (C=O) groups excluding carboxylic acids is 1. The number of rotatable bonds is 3. The summed E-state index contributed by atoms with van der Waals surface area (Å²) in [5, 5.41) is 10.0. The fourth-order valence-corrected chi connectivity index (χ4v) is 4.11. The van der Waals surface area contributed by atoms with Crippen molar-refractivity contribution in [1.29, 1.82) is 5.26 Å². The van der Waals surface area contributed by atoms with Crippen molar-refractivity contribution < 1.29 is 4.79 Å². The zero-order valence-corrected chi connectivity index (χ0v) is 14.9. The number of nitrogens with zero attached hydrogens (tertiary/aromatic N) is 2. The van der Waals surface area contributed by atoms with E-state index in [9.17, 15) is 9.59 Å². The number of thiophene rings is 1. The number of aromatic nitrogens is 1. The first-order valence-electron chi connectivity index (χ1n) is 8.14. The van der Waals surface area contributed by atoms with E-state index in [1.165, 1.54) is 17.4 Å². The summed E-state index contributed by atoms with van der Waals surface area (Å²) in [6.45, 7) is 0. The van der Waals surface area contributed by atoms with Crippen LogP contribution < -0.4 is 11.3 Å². The molecule has 27 heavy (non-hydrogen) atoms. The largest absolute Gasteiger partial charge is 0.390 e. The van der Waals surface area contributed by atoms with Gasteiger partial charge in [0.1, 0.15) is 4.83 Å². The Kier molecular flexibility index (Phi) is 4.07. The predicted octanol–water partition coefficient (Wildman–Crippen LogP) is 3.74. The molecule has 2 aromatic heterocycles. The fraction of sp³-hybridized carbons (Fsp3) is 0. The molecule has 0 saturated carbocycles. The van der Waals surface area contributed by atoms with Gasteiger partial charge in [0.05, 0.1) is 27.9 Å². The first-order chi connectivity index (χ1) is 13.1. The van der Waals surface area contributed by atoms with Crippen LogP contribution in [0.15, 0.2) is 71.5 Å². The number of hydrogen-bond donors (Lipinski definition) is 1. The Morgan fingerprint density at radius 2 is 1.81 bits per heavy atom. The average molecular weight is 371 g/mol. The molecule has 0 aliphatic carbocycles. The van der Waals surface area contributed by atoms with Gasteiger partial charge in [-0.25, -0.2) is 0 Å². The number of anilines is 1. The quantitative estimate of drug-likeness (QED) is 0.556. The predicted molar refractivity (Wildman–Crippen MR) is 106 cm³/mol. The molecular formula is C21H13N3O2S. The van der Waals surface area contributed by atoms with Gasteiger partial charge in [-0.05, 0) is 30.3 Å². The monoisotopic (exact) mass is 371 g/mol. The summed E-state index contributed by atoms with van der Waals surface area (Å²) in [7, 11) is 0. The highest BCUT2D eigenvalue weighted by Gasteiger charge is 2.21. The molecule has 5 nitrogen and oxygen atoms in total. The molecule has 4 aromatic rings. The van der Waals surface area contributed by atoms with E-state index in [1.807, 2.05) is 36.4 Å². The fourth-order valence-electron chi connectivity index (χ4n) is 3.03. The summed E-state index contributed by atoms with van der Waals surface area (Å²) in [4.78, 5) is 26.2. The minimum absolute atomic E-state index is 0.194. The maximum atomic E-state index is 13.1. The first-order valence-corrected chi connectivity index (χ1v) is 8.96. The van der Waals surface area contributed by atoms with Crippen LogP contribution in [0.2, 0.25) is 0 Å². The highest BCUT2D eigenvalue weighted by molar-refractivity contribution is 7.22. The van der Waals surface area contributed by atoms with Crippen LogP contribution in [0.1, 0.15) is 21.5 Å². The van der Waals surface area contributed by atoms with Crippen LogP contribution in [-0.4, -0.2) is 10.4 Å². The van der Waals surface area contributed by atoms with Crippen LogP contribution >= 0.6 is 11.3 Å². The maximum absolute atomic E-state index is 13.1. The number of fused-ring (bicyclic) bond motifs is 1. The van der Waals surface area contributed by atoms with E-state index >= 15 is 0 Å². The lowest BCUT2D eigenvalue weighted by atomic mass is 10.0. The Labute approximate surface area is 158 Å². The van der Waals surface area contributed by atoms with Crippen molar-refractivity contribution in [2.45, 2.75) is 0 Å². The van der Waals surface area contributed by atoms with E-state index in [2.05, 4.69) is 0 Å². The number of para-hydroxylation sites is 1. The van der Waals surface area contributed by atoms with Gasteiger partial charge in [-0.2, -0.15) is 5.26 Å². The van der Waals surface area contributed by atoms with Gasteiger partial charge in [0, 0.05) is 17.0 Å². The van der Waals surface area contributed by atoms with Crippen molar-refractivity contribution in [3.05, 3.63) is 93.8 Å². The van der Waals surface area contributed by atoms with Crippen molar-refractivity contribution >= 4 is 32.3 Å². The highest BCUT2D eigenvalue weighted by Crippen LogP contribution is 2.35. The molecule has 0 aliphatic heterocycles. The molecule has 2 N–H and O–H groups in total. The van der Waals surface area contributed by atoms with E-state index in [0.717, 1.165) is 0 Å². The van der Waals surface area contributed by atoms with E-state index < -0.39 is 0 Å². The molecular weight excluding hydrogens is 358 g/mol. The van der Waals surface area contributed by atoms with Gasteiger partial charge in [-0.1, -0.05) is 41.7 Å². The number of ketones is 1. The molecule has 2 heterocycles. The summed E-state index contributed by atoms with van der Waals surface area (Å²) in [6.07, 6.45) is 0. The number of nitriles is 1. The SMILES string of the molecule is N#Cc1cccc(C(=O)c2c(N)sc3c2ccc(=O)n3-c2ccccc2)c1. The van der Waals surface area contributed by atoms with Crippen molar-refractivity contribution in [1.82, 2.24) is 4.57 Å². The molecule has 0 radical (unpaired) electrons. The lowest BCUT2D eigenvalue weighted by molar-refractivity contribution is 0.104. The van der Waals surface area contributed by atoms with Gasteiger partial charge in [0.25, 0.3) is 5.56 Å². The summed E-state index contributed by atoms with van der Waals surface area (Å²) in [6, 6.07) is 20.8. The Hall–Kier alpha value is -3.69. The van der Waals surface area contributed by atoms with Gasteiger partial charge in [-0.15, -0.1) is 0 Å². The van der Waals surface area contributed by atoms with Crippen LogP contribution in [0.5, 0.6) is 0 Å². The maximum Gasteiger partial charge on any atom is 0.256 e. The molecule has 6 heteroatoms. The van der Waals surface area contributed by atoms with E-state index in [1.54, 1.807) is 34.9 Å². The van der Waals surface area contributed by atoms with Crippen molar-refractivity contribution in [3.63, 3.8) is 0 Å². The standard InChI is InChI=1S/C21H13N3O2S/c22-12-13-5-4-6-14(11-13)19(26)18-16-9-10-17(25)24(21(16)27-20(18)23)15-7-2-1-3-8-15/h1-11H,23H2. The van der Waals surface area contributed by atoms with Gasteiger partial charge in [0.15, 0.2) is 5.78 Å². The lowest BCUT2D eigenvalue weighted by Gasteiger charge is -2.07. The van der Waals surface area contributed by atoms with Gasteiger partial charge in [0.2, 0.25) is 0 Å². The topological polar surface area (TPSA) is 88.9 Å². The Balaban J connectivity index is 1.96. The molecule has 0 fully saturated rings. The van der Waals surface area contributed by atoms with Crippen molar-refractivity contribution in [2.24, 2.45) is 0 Å². The third-order valence-corrected chi connectivity index (χ3v) is 5.28. The molecule has 0 bridgehead atoms. The zero-order chi connectivity index (χ0) is 19.0. The number of pyridine rings is 1. The molecule has 130 valence electrons. The molecule has 2 aromatic carbocycles. The molecule has 0 unspecified atom stereocenters. The van der Waals surface area contributed by atoms with Crippen LogP contribution in [0, 0.1) is 11.3 Å². The number of nitrogen functional groups attached to an aromatic ring is 1. The van der Waals surface area contributed by atoms with E-state index in [4.69, 9.17) is 11.0 Å². The van der Waals surface area contributed by atoms with Crippen LogP contribution in [0.25, 0.3) is 15.9 Å². The molecule has 0 aliphatic rings. The minimum Gasteiger partial charge on any atom is -0.390 e. The summed E-state index contributed by atoms with van der Waals surface area (Å²) >= 11 is 1.20. The van der Waals surface area contributed by atoms with E-state index in [0.29, 0.717) is 37.6 Å². The molecule has 0 atom stereocenters. The number of hydrogen-bond acceptors (Lipinski definition) is 5. The second kappa shape index (κ2) is 6.56. The summed E-state index contributed by atoms with van der Waals surface area (Å²) < 4.78 is 1.55. The molecule has 0 spiro atoms. The summed E-state index contributed by atoms with van der Waals surface area (Å²) in [5.41, 5.74) is 7.84. The normalized spacial score (nSPS) is 10.6. The second-order valence-electron chi connectivity index (χ2n) is 5.92. The third-order valence-electron chi connectivity index (χ3n) is 4.26. The first kappa shape index (κ1) is 16.8. The summed E-state index contributed by atoms with van der Waals surface area (Å²) in [5.74, 6) is -0.269. The molecule has 0 saturated heterocycles. The number of nitrogens with two attached hydrogens (primary N) is 1. The Bertz CT molecular complexity index is 1280. The average Bonchev–Trinajstić information content (AvgIpc) is 3.03. The van der Waals surface area contributed by atoms with Crippen molar-refractivity contribution in [2.75, 3.05) is 5.73 Å². The van der Waals surface area contributed by atoms with Gasteiger partial charge in [-0.3, -0.25) is 14.2 Å². The van der Waals surface area contributed by atoms with Crippen LogP contribution in [-0.2, 0) is 0 Å². The lowest BCUT2D eigenvalue weighted by Crippen LogP contribution is -2.16. The van der Waals surface area contributed by atoms with Crippen LogP contribution in [0.4, 0.5) is 5.00 Å². The van der Waals surface area contributed by atoms with Crippen LogP contribution in [0.3, 0.4) is 0 Å². The minimum atomic E-state index is -0.269. The van der Waals surface area contributed by atoms with Gasteiger partial charge >= 0.3 is 0 Å². The number of benzene rings is 2.